The van der Waals surface area contributed by atoms with Gasteiger partial charge in [0.05, 0.1) is 18.7 Å². The first kappa shape index (κ1) is 18.5. The molecular weight excluding hydrogens is 352 g/mol. The Balaban J connectivity index is 1.59. The molecule has 0 unspecified atom stereocenters. The van der Waals surface area contributed by atoms with Crippen LogP contribution in [-0.2, 0) is 16.0 Å². The van der Waals surface area contributed by atoms with Crippen LogP contribution in [-0.4, -0.2) is 53.4 Å². The van der Waals surface area contributed by atoms with Gasteiger partial charge in [-0.1, -0.05) is 30.3 Å². The maximum absolute atomic E-state index is 10.7. The summed E-state index contributed by atoms with van der Waals surface area (Å²) in [4.78, 5) is 13.1. The number of carboxylic acids is 1. The molecule has 0 amide bonds. The number of rotatable bonds is 6. The Hall–Kier alpha value is -2.89. The van der Waals surface area contributed by atoms with E-state index in [2.05, 4.69) is 39.9 Å². The second-order valence-corrected chi connectivity index (χ2v) is 7.01. The molecule has 4 rings (SSSR count). The van der Waals surface area contributed by atoms with Gasteiger partial charge in [-0.25, -0.2) is 4.79 Å². The van der Waals surface area contributed by atoms with Gasteiger partial charge in [-0.15, -0.1) is 0 Å². The fourth-order valence-corrected chi connectivity index (χ4v) is 3.68. The number of carbonyl (C=O) groups is 1. The van der Waals surface area contributed by atoms with Crippen molar-refractivity contribution in [1.82, 2.24) is 9.47 Å². The van der Waals surface area contributed by atoms with Crippen molar-refractivity contribution >= 4 is 22.9 Å². The van der Waals surface area contributed by atoms with Crippen LogP contribution in [0.25, 0.3) is 22.7 Å². The predicted octanol–water partition coefficient (Wildman–Crippen LogP) is 3.60. The number of hydrogen-bond acceptors (Lipinski definition) is 3. The summed E-state index contributed by atoms with van der Waals surface area (Å²) in [5.41, 5.74) is 4.47. The number of nitrogens with zero attached hydrogens (tertiary/aromatic N) is 2. The van der Waals surface area contributed by atoms with Crippen LogP contribution in [0, 0.1) is 0 Å². The van der Waals surface area contributed by atoms with E-state index in [1.165, 1.54) is 16.5 Å². The average Bonchev–Trinajstić information content (AvgIpc) is 3.11. The van der Waals surface area contributed by atoms with Crippen molar-refractivity contribution in [2.75, 3.05) is 32.8 Å². The van der Waals surface area contributed by atoms with Crippen LogP contribution in [0.2, 0.25) is 0 Å². The average molecular weight is 376 g/mol. The minimum absolute atomic E-state index is 0.824. The second-order valence-electron chi connectivity index (χ2n) is 7.01. The topological polar surface area (TPSA) is 54.7 Å². The second kappa shape index (κ2) is 8.42. The first-order valence-corrected chi connectivity index (χ1v) is 9.61. The standard InChI is InChI=1S/C23H24N2O3/c26-23(27)10-7-18-5-8-20(9-6-18)25-17-19(21-3-1-2-4-22(21)25)11-12-24-13-15-28-16-14-24/h1-10,17H,11-16H2,(H,26,27)/b10-7+. The molecule has 0 aliphatic carbocycles. The van der Waals surface area contributed by atoms with E-state index in [4.69, 9.17) is 9.84 Å². The van der Waals surface area contributed by atoms with Crippen molar-refractivity contribution in [3.63, 3.8) is 0 Å². The van der Waals surface area contributed by atoms with Gasteiger partial charge in [0.25, 0.3) is 0 Å². The van der Waals surface area contributed by atoms with Gasteiger partial charge in [0.1, 0.15) is 0 Å². The smallest absolute Gasteiger partial charge is 0.328 e. The molecule has 0 atom stereocenters. The van der Waals surface area contributed by atoms with E-state index >= 15 is 0 Å². The maximum Gasteiger partial charge on any atom is 0.328 e. The van der Waals surface area contributed by atoms with Crippen molar-refractivity contribution in [1.29, 1.82) is 0 Å². The van der Waals surface area contributed by atoms with E-state index in [0.29, 0.717) is 0 Å². The summed E-state index contributed by atoms with van der Waals surface area (Å²) < 4.78 is 7.66. The van der Waals surface area contributed by atoms with Gasteiger partial charge in [-0.05, 0) is 41.8 Å². The molecule has 5 nitrogen and oxygen atoms in total. The summed E-state index contributed by atoms with van der Waals surface area (Å²) in [5, 5.41) is 10.1. The molecule has 144 valence electrons. The molecule has 1 aromatic heterocycles. The lowest BCUT2D eigenvalue weighted by Gasteiger charge is -2.26. The van der Waals surface area contributed by atoms with Crippen LogP contribution in [0.4, 0.5) is 0 Å². The van der Waals surface area contributed by atoms with E-state index in [-0.39, 0.29) is 0 Å². The number of ether oxygens (including phenoxy) is 1. The zero-order valence-corrected chi connectivity index (χ0v) is 15.8. The predicted molar refractivity (Wildman–Crippen MR) is 111 cm³/mol. The van der Waals surface area contributed by atoms with Gasteiger partial charge >= 0.3 is 5.97 Å². The molecule has 1 N–H and O–H groups in total. The molecule has 28 heavy (non-hydrogen) atoms. The van der Waals surface area contributed by atoms with E-state index in [1.54, 1.807) is 6.08 Å². The fraction of sp³-hybridized carbons (Fsp3) is 0.261. The quantitative estimate of drug-likeness (QED) is 0.668. The summed E-state index contributed by atoms with van der Waals surface area (Å²) in [7, 11) is 0. The number of aromatic nitrogens is 1. The summed E-state index contributed by atoms with van der Waals surface area (Å²) in [6.07, 6.45) is 6.00. The summed E-state index contributed by atoms with van der Waals surface area (Å²) in [6.45, 7) is 4.69. The number of para-hydroxylation sites is 1. The Morgan fingerprint density at radius 1 is 1.07 bits per heavy atom. The van der Waals surface area contributed by atoms with E-state index in [0.717, 1.165) is 56.6 Å². The molecule has 0 bridgehead atoms. The van der Waals surface area contributed by atoms with Crippen LogP contribution < -0.4 is 0 Å². The molecule has 0 saturated carbocycles. The first-order chi connectivity index (χ1) is 13.7. The van der Waals surface area contributed by atoms with Gasteiger partial charge in [-0.2, -0.15) is 0 Å². The Morgan fingerprint density at radius 3 is 2.57 bits per heavy atom. The Kier molecular flexibility index (Phi) is 5.55. The Morgan fingerprint density at radius 2 is 1.82 bits per heavy atom. The molecule has 2 aromatic carbocycles. The highest BCUT2D eigenvalue weighted by Crippen LogP contribution is 2.26. The summed E-state index contributed by atoms with van der Waals surface area (Å²) in [5.74, 6) is -0.939. The minimum atomic E-state index is -0.939. The third kappa shape index (κ3) is 4.16. The molecule has 1 saturated heterocycles. The molecule has 0 radical (unpaired) electrons. The lowest BCUT2D eigenvalue weighted by molar-refractivity contribution is -0.131. The van der Waals surface area contributed by atoms with Crippen molar-refractivity contribution in [3.8, 4) is 5.69 Å². The lowest BCUT2D eigenvalue weighted by Crippen LogP contribution is -2.37. The van der Waals surface area contributed by atoms with Gasteiger partial charge in [0.2, 0.25) is 0 Å². The van der Waals surface area contributed by atoms with Crippen LogP contribution >= 0.6 is 0 Å². The number of fused-ring (bicyclic) bond motifs is 1. The fourth-order valence-electron chi connectivity index (χ4n) is 3.68. The van der Waals surface area contributed by atoms with E-state index < -0.39 is 5.97 Å². The van der Waals surface area contributed by atoms with E-state index in [1.807, 2.05) is 24.3 Å². The molecule has 5 heteroatoms. The van der Waals surface area contributed by atoms with Crippen LogP contribution in [0.1, 0.15) is 11.1 Å². The maximum atomic E-state index is 10.7. The van der Waals surface area contributed by atoms with Crippen molar-refractivity contribution in [3.05, 3.63) is 71.9 Å². The molecule has 1 aliphatic rings. The molecular formula is C23H24N2O3. The SMILES string of the molecule is O=C(O)/C=C/c1ccc(-n2cc(CCN3CCOCC3)c3ccccc32)cc1. The molecule has 2 heterocycles. The number of carboxylic acid groups (broad SMARTS) is 1. The van der Waals surface area contributed by atoms with Crippen molar-refractivity contribution < 1.29 is 14.6 Å². The summed E-state index contributed by atoms with van der Waals surface area (Å²) in [6, 6.07) is 16.4. The number of hydrogen-bond donors (Lipinski definition) is 1. The number of morpholine rings is 1. The number of benzene rings is 2. The first-order valence-electron chi connectivity index (χ1n) is 9.61. The highest BCUT2D eigenvalue weighted by molar-refractivity contribution is 5.86. The van der Waals surface area contributed by atoms with Gasteiger partial charge < -0.3 is 14.4 Å². The van der Waals surface area contributed by atoms with Crippen LogP contribution in [0.5, 0.6) is 0 Å². The normalized spacial score (nSPS) is 15.4. The number of aliphatic carboxylic acids is 1. The highest BCUT2D eigenvalue weighted by Gasteiger charge is 2.13. The van der Waals surface area contributed by atoms with E-state index in [9.17, 15) is 4.79 Å². The molecule has 1 fully saturated rings. The van der Waals surface area contributed by atoms with Crippen LogP contribution in [0.3, 0.4) is 0 Å². The van der Waals surface area contributed by atoms with Crippen molar-refractivity contribution in [2.24, 2.45) is 0 Å². The third-order valence-corrected chi connectivity index (χ3v) is 5.19. The molecule has 0 spiro atoms. The molecule has 3 aromatic rings. The molecule has 1 aliphatic heterocycles. The Labute approximate surface area is 164 Å². The zero-order chi connectivity index (χ0) is 19.3. The van der Waals surface area contributed by atoms with Gasteiger partial charge in [-0.3, -0.25) is 4.90 Å². The van der Waals surface area contributed by atoms with Crippen LogP contribution in [0.15, 0.2) is 60.8 Å². The minimum Gasteiger partial charge on any atom is -0.478 e. The van der Waals surface area contributed by atoms with Gasteiger partial charge in [0.15, 0.2) is 0 Å². The highest BCUT2D eigenvalue weighted by atomic mass is 16.5. The zero-order valence-electron chi connectivity index (χ0n) is 15.8. The largest absolute Gasteiger partial charge is 0.478 e. The monoisotopic (exact) mass is 376 g/mol. The lowest BCUT2D eigenvalue weighted by atomic mass is 10.1. The Bertz CT molecular complexity index is 983. The van der Waals surface area contributed by atoms with Gasteiger partial charge in [0, 0.05) is 43.0 Å². The summed E-state index contributed by atoms with van der Waals surface area (Å²) >= 11 is 0. The van der Waals surface area contributed by atoms with Crippen molar-refractivity contribution in [2.45, 2.75) is 6.42 Å². The third-order valence-electron chi connectivity index (χ3n) is 5.19.